The van der Waals surface area contributed by atoms with Crippen LogP contribution < -0.4 is 10.6 Å². The van der Waals surface area contributed by atoms with Crippen molar-refractivity contribution in [2.75, 3.05) is 13.1 Å². The number of thiophene rings is 1. The second kappa shape index (κ2) is 7.06. The van der Waals surface area contributed by atoms with E-state index in [4.69, 9.17) is 0 Å². The molecule has 0 saturated carbocycles. The number of hydrogen-bond donors (Lipinski definition) is 2. The third-order valence-corrected chi connectivity index (χ3v) is 4.72. The smallest absolute Gasteiger partial charge is 0.220 e. The molecule has 1 fully saturated rings. The highest BCUT2D eigenvalue weighted by Gasteiger charge is 2.22. The van der Waals surface area contributed by atoms with E-state index in [1.54, 1.807) is 11.3 Å². The number of carbonyl (C=O) groups excluding carboxylic acids is 1. The molecule has 0 spiro atoms. The lowest BCUT2D eigenvalue weighted by Gasteiger charge is -2.25. The maximum Gasteiger partial charge on any atom is 0.220 e. The van der Waals surface area contributed by atoms with Crippen molar-refractivity contribution >= 4 is 17.2 Å². The van der Waals surface area contributed by atoms with Gasteiger partial charge in [0.2, 0.25) is 5.91 Å². The molecular weight excluding hydrogens is 256 g/mol. The Balaban J connectivity index is 1.88. The molecule has 2 N–H and O–H groups in total. The van der Waals surface area contributed by atoms with Crippen molar-refractivity contribution in [3.63, 3.8) is 0 Å². The van der Waals surface area contributed by atoms with Gasteiger partial charge in [0, 0.05) is 11.3 Å². The summed E-state index contributed by atoms with van der Waals surface area (Å²) in [5.41, 5.74) is 0. The molecule has 2 heterocycles. The molecule has 19 heavy (non-hydrogen) atoms. The minimum Gasteiger partial charge on any atom is -0.348 e. The van der Waals surface area contributed by atoms with E-state index in [-0.39, 0.29) is 11.9 Å². The molecule has 4 heteroatoms. The van der Waals surface area contributed by atoms with Crippen molar-refractivity contribution in [2.24, 2.45) is 11.8 Å². The standard InChI is InChI=1S/C15H24N2OS/c1-11(2)15(13-4-3-9-19-13)17-14(18)10-12-5-7-16-8-6-12/h3-4,9,11-12,15-16H,5-8,10H2,1-2H3,(H,17,18). The van der Waals surface area contributed by atoms with E-state index in [2.05, 4.69) is 35.9 Å². The number of rotatable bonds is 5. The minimum atomic E-state index is 0.161. The van der Waals surface area contributed by atoms with Crippen LogP contribution in [0.1, 0.15) is 44.0 Å². The fourth-order valence-corrected chi connectivity index (χ4v) is 3.56. The Morgan fingerprint density at radius 3 is 2.79 bits per heavy atom. The van der Waals surface area contributed by atoms with E-state index in [0.29, 0.717) is 18.3 Å². The fourth-order valence-electron chi connectivity index (χ4n) is 2.61. The van der Waals surface area contributed by atoms with Gasteiger partial charge in [-0.25, -0.2) is 0 Å². The van der Waals surface area contributed by atoms with Crippen LogP contribution in [0.25, 0.3) is 0 Å². The largest absolute Gasteiger partial charge is 0.348 e. The lowest BCUT2D eigenvalue weighted by Crippen LogP contribution is -2.35. The Hall–Kier alpha value is -0.870. The molecule has 2 rings (SSSR count). The topological polar surface area (TPSA) is 41.1 Å². The highest BCUT2D eigenvalue weighted by Crippen LogP contribution is 2.26. The molecule has 3 nitrogen and oxygen atoms in total. The molecule has 1 saturated heterocycles. The number of nitrogens with one attached hydrogen (secondary N) is 2. The maximum absolute atomic E-state index is 12.2. The van der Waals surface area contributed by atoms with Crippen molar-refractivity contribution in [3.05, 3.63) is 22.4 Å². The summed E-state index contributed by atoms with van der Waals surface area (Å²) in [6.07, 6.45) is 2.92. The van der Waals surface area contributed by atoms with E-state index in [9.17, 15) is 4.79 Å². The number of carbonyl (C=O) groups is 1. The second-order valence-electron chi connectivity index (χ2n) is 5.70. The zero-order valence-corrected chi connectivity index (χ0v) is 12.6. The molecule has 1 atom stereocenters. The van der Waals surface area contributed by atoms with Crippen LogP contribution in [0.15, 0.2) is 17.5 Å². The van der Waals surface area contributed by atoms with Crippen molar-refractivity contribution in [3.8, 4) is 0 Å². The van der Waals surface area contributed by atoms with Crippen LogP contribution in [-0.2, 0) is 4.79 Å². The maximum atomic E-state index is 12.2. The second-order valence-corrected chi connectivity index (χ2v) is 6.68. The third kappa shape index (κ3) is 4.32. The van der Waals surface area contributed by atoms with Crippen LogP contribution in [0.5, 0.6) is 0 Å². The summed E-state index contributed by atoms with van der Waals surface area (Å²) in [6.45, 7) is 6.43. The van der Waals surface area contributed by atoms with Crippen LogP contribution in [-0.4, -0.2) is 19.0 Å². The van der Waals surface area contributed by atoms with Gasteiger partial charge in [-0.2, -0.15) is 0 Å². The monoisotopic (exact) mass is 280 g/mol. The summed E-state index contributed by atoms with van der Waals surface area (Å²) in [7, 11) is 0. The van der Waals surface area contributed by atoms with Crippen LogP contribution in [0.3, 0.4) is 0 Å². The first-order valence-electron chi connectivity index (χ1n) is 7.20. The van der Waals surface area contributed by atoms with Gasteiger partial charge in [-0.15, -0.1) is 11.3 Å². The van der Waals surface area contributed by atoms with Gasteiger partial charge in [0.05, 0.1) is 6.04 Å². The molecule has 1 unspecified atom stereocenters. The van der Waals surface area contributed by atoms with Gasteiger partial charge in [0.25, 0.3) is 0 Å². The first-order valence-corrected chi connectivity index (χ1v) is 8.08. The lowest BCUT2D eigenvalue weighted by molar-refractivity contribution is -0.123. The molecule has 106 valence electrons. The van der Waals surface area contributed by atoms with E-state index in [1.165, 1.54) is 4.88 Å². The average molecular weight is 280 g/mol. The van der Waals surface area contributed by atoms with E-state index in [1.807, 2.05) is 6.07 Å². The van der Waals surface area contributed by atoms with Gasteiger partial charge >= 0.3 is 0 Å². The molecule has 1 aliphatic heterocycles. The molecule has 1 aromatic rings. The summed E-state index contributed by atoms with van der Waals surface area (Å²) in [5.74, 6) is 1.19. The molecule has 1 amide bonds. The predicted octanol–water partition coefficient (Wildman–Crippen LogP) is 2.95. The molecule has 0 bridgehead atoms. The van der Waals surface area contributed by atoms with Crippen LogP contribution >= 0.6 is 11.3 Å². The number of hydrogen-bond acceptors (Lipinski definition) is 3. The van der Waals surface area contributed by atoms with E-state index in [0.717, 1.165) is 25.9 Å². The lowest BCUT2D eigenvalue weighted by atomic mass is 9.93. The number of amides is 1. The quantitative estimate of drug-likeness (QED) is 0.870. The van der Waals surface area contributed by atoms with Gasteiger partial charge in [0.1, 0.15) is 0 Å². The first-order chi connectivity index (χ1) is 9.16. The molecule has 1 aliphatic rings. The average Bonchev–Trinajstić information content (AvgIpc) is 2.90. The Labute approximate surface area is 119 Å². The third-order valence-electron chi connectivity index (χ3n) is 3.77. The Morgan fingerprint density at radius 1 is 1.47 bits per heavy atom. The van der Waals surface area contributed by atoms with Crippen molar-refractivity contribution < 1.29 is 4.79 Å². The van der Waals surface area contributed by atoms with Gasteiger partial charge in [-0.05, 0) is 49.2 Å². The Bertz CT molecular complexity index is 383. The SMILES string of the molecule is CC(C)C(NC(=O)CC1CCNCC1)c1cccs1. The van der Waals surface area contributed by atoms with E-state index < -0.39 is 0 Å². The Kier molecular flexibility index (Phi) is 5.40. The first kappa shape index (κ1) is 14.5. The number of piperidine rings is 1. The van der Waals surface area contributed by atoms with Gasteiger partial charge in [-0.1, -0.05) is 19.9 Å². The summed E-state index contributed by atoms with van der Waals surface area (Å²) in [5, 5.41) is 8.63. The zero-order chi connectivity index (χ0) is 13.7. The van der Waals surface area contributed by atoms with Crippen molar-refractivity contribution in [1.29, 1.82) is 0 Å². The minimum absolute atomic E-state index is 0.161. The molecular formula is C15H24N2OS. The molecule has 0 aliphatic carbocycles. The van der Waals surface area contributed by atoms with Gasteiger partial charge in [0.15, 0.2) is 0 Å². The molecule has 1 aromatic heterocycles. The highest BCUT2D eigenvalue weighted by atomic mass is 32.1. The molecule has 0 aromatic carbocycles. The van der Waals surface area contributed by atoms with Crippen LogP contribution in [0, 0.1) is 11.8 Å². The zero-order valence-electron chi connectivity index (χ0n) is 11.8. The van der Waals surface area contributed by atoms with Crippen molar-refractivity contribution in [1.82, 2.24) is 10.6 Å². The van der Waals surface area contributed by atoms with E-state index >= 15 is 0 Å². The fraction of sp³-hybridized carbons (Fsp3) is 0.667. The molecule has 0 radical (unpaired) electrons. The summed E-state index contributed by atoms with van der Waals surface area (Å²) < 4.78 is 0. The van der Waals surface area contributed by atoms with Gasteiger partial charge in [-0.3, -0.25) is 4.79 Å². The predicted molar refractivity (Wildman–Crippen MR) is 80.3 cm³/mol. The summed E-state index contributed by atoms with van der Waals surface area (Å²) in [6, 6.07) is 4.32. The highest BCUT2D eigenvalue weighted by molar-refractivity contribution is 7.10. The Morgan fingerprint density at radius 2 is 2.21 bits per heavy atom. The van der Waals surface area contributed by atoms with Crippen molar-refractivity contribution in [2.45, 2.75) is 39.2 Å². The summed E-state index contributed by atoms with van der Waals surface area (Å²) in [4.78, 5) is 13.5. The van der Waals surface area contributed by atoms with Crippen LogP contribution in [0.4, 0.5) is 0 Å². The summed E-state index contributed by atoms with van der Waals surface area (Å²) >= 11 is 1.72. The normalized spacial score (nSPS) is 18.5. The van der Waals surface area contributed by atoms with Gasteiger partial charge < -0.3 is 10.6 Å². The van der Waals surface area contributed by atoms with Crippen LogP contribution in [0.2, 0.25) is 0 Å².